The summed E-state index contributed by atoms with van der Waals surface area (Å²) in [6.45, 7) is 11.3. The van der Waals surface area contributed by atoms with Gasteiger partial charge in [-0.3, -0.25) is 9.98 Å². The molecule has 172 valence electrons. The summed E-state index contributed by atoms with van der Waals surface area (Å²) in [4.78, 5) is 8.50. The number of aryl methyl sites for hydroxylation is 1. The number of aliphatic imine (C=N–C) groups is 2. The van der Waals surface area contributed by atoms with Crippen molar-refractivity contribution in [1.82, 2.24) is 5.32 Å². The minimum absolute atomic E-state index is 0.106. The van der Waals surface area contributed by atoms with E-state index in [0.29, 0.717) is 12.3 Å². The first-order valence-electron chi connectivity index (χ1n) is 11.8. The molecule has 1 atom stereocenters. The maximum absolute atomic E-state index is 14.0. The molecule has 0 heterocycles. The molecule has 0 aliphatic rings. The fourth-order valence-electron chi connectivity index (χ4n) is 3.80. The quantitative estimate of drug-likeness (QED) is 0.157. The molecule has 1 rings (SSSR count). The highest BCUT2D eigenvalue weighted by molar-refractivity contribution is 5.78. The van der Waals surface area contributed by atoms with E-state index < -0.39 is 0 Å². The van der Waals surface area contributed by atoms with E-state index in [1.807, 2.05) is 25.5 Å². The Hall–Kier alpha value is -2.07. The second-order valence-corrected chi connectivity index (χ2v) is 8.24. The molecule has 0 spiro atoms. The molecule has 31 heavy (non-hydrogen) atoms. The van der Waals surface area contributed by atoms with Crippen LogP contribution in [0.15, 0.2) is 52.6 Å². The lowest BCUT2D eigenvalue weighted by atomic mass is 9.93. The van der Waals surface area contributed by atoms with Crippen molar-refractivity contribution in [1.29, 1.82) is 0 Å². The summed E-state index contributed by atoms with van der Waals surface area (Å²) in [7, 11) is 2.01. The van der Waals surface area contributed by atoms with Gasteiger partial charge in [0.15, 0.2) is 0 Å². The second kappa shape index (κ2) is 17.6. The van der Waals surface area contributed by atoms with Crippen LogP contribution < -0.4 is 5.32 Å². The van der Waals surface area contributed by atoms with Gasteiger partial charge in [-0.25, -0.2) is 4.39 Å². The van der Waals surface area contributed by atoms with Gasteiger partial charge < -0.3 is 5.32 Å². The predicted octanol–water partition coefficient (Wildman–Crippen LogP) is 6.73. The Balaban J connectivity index is 2.36. The SMILES string of the molecule is C=CCc1ccc(CCCCCC(CC/N=C\C(=C/N=C)CCC)CCNC)cc1F. The molecule has 0 aliphatic carbocycles. The van der Waals surface area contributed by atoms with Crippen LogP contribution in [-0.4, -0.2) is 33.1 Å². The highest BCUT2D eigenvalue weighted by atomic mass is 19.1. The van der Waals surface area contributed by atoms with E-state index >= 15 is 0 Å². The van der Waals surface area contributed by atoms with Crippen molar-refractivity contribution in [3.05, 3.63) is 59.6 Å². The number of nitrogens with zero attached hydrogens (tertiary/aromatic N) is 2. The molecule has 0 amide bonds. The number of nitrogens with one attached hydrogen (secondary N) is 1. The molecule has 1 aromatic carbocycles. The molecular formula is C27H42FN3. The van der Waals surface area contributed by atoms with Crippen LogP contribution in [0.5, 0.6) is 0 Å². The number of halogens is 1. The monoisotopic (exact) mass is 427 g/mol. The Bertz CT molecular complexity index is 694. The molecule has 0 saturated carbocycles. The van der Waals surface area contributed by atoms with E-state index in [1.54, 1.807) is 12.1 Å². The van der Waals surface area contributed by atoms with Gasteiger partial charge in [-0.05, 0) is 87.5 Å². The van der Waals surface area contributed by atoms with Crippen molar-refractivity contribution >= 4 is 12.9 Å². The Labute approximate surface area is 189 Å². The van der Waals surface area contributed by atoms with Crippen LogP contribution in [0.4, 0.5) is 4.39 Å². The van der Waals surface area contributed by atoms with Gasteiger partial charge in [0, 0.05) is 19.0 Å². The molecule has 0 bridgehead atoms. The molecule has 0 fully saturated rings. The van der Waals surface area contributed by atoms with Crippen molar-refractivity contribution < 1.29 is 4.39 Å². The second-order valence-electron chi connectivity index (χ2n) is 8.24. The molecule has 0 aliphatic heterocycles. The third-order valence-corrected chi connectivity index (χ3v) is 5.58. The van der Waals surface area contributed by atoms with Gasteiger partial charge in [0.1, 0.15) is 5.82 Å². The molecule has 0 aromatic heterocycles. The Morgan fingerprint density at radius 2 is 2.03 bits per heavy atom. The average molecular weight is 428 g/mol. The smallest absolute Gasteiger partial charge is 0.126 e. The number of hydrogen-bond donors (Lipinski definition) is 1. The third kappa shape index (κ3) is 12.4. The van der Waals surface area contributed by atoms with Crippen molar-refractivity contribution in [3.8, 4) is 0 Å². The number of benzene rings is 1. The van der Waals surface area contributed by atoms with E-state index in [0.717, 1.165) is 61.9 Å². The van der Waals surface area contributed by atoms with Gasteiger partial charge in [-0.1, -0.05) is 50.8 Å². The number of unbranched alkanes of at least 4 members (excludes halogenated alkanes) is 2. The number of rotatable bonds is 18. The Morgan fingerprint density at radius 1 is 1.19 bits per heavy atom. The van der Waals surface area contributed by atoms with Crippen molar-refractivity contribution in [2.45, 2.75) is 71.1 Å². The van der Waals surface area contributed by atoms with Gasteiger partial charge in [0.05, 0.1) is 0 Å². The fourth-order valence-corrected chi connectivity index (χ4v) is 3.80. The summed E-state index contributed by atoms with van der Waals surface area (Å²) in [5.41, 5.74) is 2.97. The fraction of sp³-hybridized carbons (Fsp3) is 0.556. The first-order chi connectivity index (χ1) is 15.1. The van der Waals surface area contributed by atoms with Crippen LogP contribution >= 0.6 is 0 Å². The van der Waals surface area contributed by atoms with E-state index in [1.165, 1.54) is 25.7 Å². The lowest BCUT2D eigenvalue weighted by Gasteiger charge is -2.15. The van der Waals surface area contributed by atoms with Crippen LogP contribution in [0, 0.1) is 11.7 Å². The molecule has 3 nitrogen and oxygen atoms in total. The summed E-state index contributed by atoms with van der Waals surface area (Å²) < 4.78 is 14.0. The summed E-state index contributed by atoms with van der Waals surface area (Å²) in [6, 6.07) is 5.64. The van der Waals surface area contributed by atoms with E-state index in [4.69, 9.17) is 0 Å². The minimum atomic E-state index is -0.106. The van der Waals surface area contributed by atoms with E-state index in [-0.39, 0.29) is 5.82 Å². The van der Waals surface area contributed by atoms with Crippen LogP contribution in [0.3, 0.4) is 0 Å². The zero-order valence-corrected chi connectivity index (χ0v) is 19.7. The summed E-state index contributed by atoms with van der Waals surface area (Å²) >= 11 is 0. The van der Waals surface area contributed by atoms with Gasteiger partial charge in [-0.15, -0.1) is 6.58 Å². The highest BCUT2D eigenvalue weighted by Crippen LogP contribution is 2.19. The molecule has 1 N–H and O–H groups in total. The third-order valence-electron chi connectivity index (χ3n) is 5.58. The normalized spacial score (nSPS) is 12.9. The van der Waals surface area contributed by atoms with Crippen molar-refractivity contribution in [2.24, 2.45) is 15.9 Å². The lowest BCUT2D eigenvalue weighted by Crippen LogP contribution is -2.14. The topological polar surface area (TPSA) is 36.8 Å². The summed E-state index contributed by atoms with van der Waals surface area (Å²) in [5, 5.41) is 3.27. The molecule has 0 saturated heterocycles. The van der Waals surface area contributed by atoms with Crippen LogP contribution in [0.1, 0.15) is 69.4 Å². The Kier molecular flexibility index (Phi) is 15.3. The zero-order chi connectivity index (χ0) is 22.7. The zero-order valence-electron chi connectivity index (χ0n) is 19.7. The van der Waals surface area contributed by atoms with E-state index in [2.05, 4.69) is 41.6 Å². The first kappa shape index (κ1) is 27.0. The van der Waals surface area contributed by atoms with Crippen LogP contribution in [-0.2, 0) is 12.8 Å². The van der Waals surface area contributed by atoms with Gasteiger partial charge in [-0.2, -0.15) is 0 Å². The van der Waals surface area contributed by atoms with Gasteiger partial charge >= 0.3 is 0 Å². The van der Waals surface area contributed by atoms with Gasteiger partial charge in [0.2, 0.25) is 0 Å². The summed E-state index contributed by atoms with van der Waals surface area (Å²) in [6.07, 6.45) is 16.2. The largest absolute Gasteiger partial charge is 0.320 e. The Morgan fingerprint density at radius 3 is 2.71 bits per heavy atom. The molecular weight excluding hydrogens is 385 g/mol. The molecule has 0 radical (unpaired) electrons. The number of allylic oxidation sites excluding steroid dienone is 2. The van der Waals surface area contributed by atoms with Crippen LogP contribution in [0.25, 0.3) is 0 Å². The van der Waals surface area contributed by atoms with Crippen molar-refractivity contribution in [2.75, 3.05) is 20.1 Å². The maximum Gasteiger partial charge on any atom is 0.126 e. The summed E-state index contributed by atoms with van der Waals surface area (Å²) in [5.74, 6) is 0.585. The minimum Gasteiger partial charge on any atom is -0.320 e. The lowest BCUT2D eigenvalue weighted by molar-refractivity contribution is 0.401. The molecule has 1 aromatic rings. The first-order valence-corrected chi connectivity index (χ1v) is 11.8. The van der Waals surface area contributed by atoms with Crippen molar-refractivity contribution in [3.63, 3.8) is 0 Å². The molecule has 1 unspecified atom stereocenters. The standard InChI is InChI=1S/C27H42FN3/c1-5-10-25(21-30-4)22-31-19-17-23(16-18-29-3)12-8-7-9-13-24-14-15-26(11-6-2)27(28)20-24/h6,14-15,20-23,29H,2,4-5,7-13,16-19H2,1,3H3/b25-21-,31-22-. The molecule has 4 heteroatoms. The van der Waals surface area contributed by atoms with Gasteiger partial charge in [0.25, 0.3) is 0 Å². The predicted molar refractivity (Wildman–Crippen MR) is 135 cm³/mol. The van der Waals surface area contributed by atoms with Crippen LogP contribution in [0.2, 0.25) is 0 Å². The maximum atomic E-state index is 14.0. The highest BCUT2D eigenvalue weighted by Gasteiger charge is 2.08. The van der Waals surface area contributed by atoms with E-state index in [9.17, 15) is 4.39 Å². The number of hydrogen-bond acceptors (Lipinski definition) is 3. The average Bonchev–Trinajstić information content (AvgIpc) is 2.76.